The highest BCUT2D eigenvalue weighted by Crippen LogP contribution is 2.16. The molecule has 0 saturated carbocycles. The van der Waals surface area contributed by atoms with Gasteiger partial charge in [-0.1, -0.05) is 50.1 Å². The Kier molecular flexibility index (Phi) is 5.78. The Morgan fingerprint density at radius 3 is 2.57 bits per heavy atom. The molecule has 0 unspecified atom stereocenters. The van der Waals surface area contributed by atoms with Gasteiger partial charge in [0.1, 0.15) is 6.04 Å². The van der Waals surface area contributed by atoms with Crippen LogP contribution in [0.1, 0.15) is 41.8 Å². The summed E-state index contributed by atoms with van der Waals surface area (Å²) in [5, 5.41) is 5.71. The number of rotatable bonds is 6. The number of nitrogens with zero attached hydrogens (tertiary/aromatic N) is 1. The molecule has 0 aliphatic heterocycles. The highest BCUT2D eigenvalue weighted by molar-refractivity contribution is 6.01. The van der Waals surface area contributed by atoms with Crippen LogP contribution < -0.4 is 10.6 Å². The Balaban J connectivity index is 1.78. The third-order valence-corrected chi connectivity index (χ3v) is 5.04. The Hall–Kier alpha value is -3.15. The zero-order valence-corrected chi connectivity index (χ0v) is 16.7. The standard InChI is InChI=1S/C22H26N4O2/c1-5-14(3)19(25-20(27)16-11-10-13(2)12-15(16)4)21(28)26-22-23-17-8-6-7-9-18(17)24-22/h6-12,14,19H,5H2,1-4H3,(H,25,27)(H2,23,24,26,28)/t14-,19-/m1/s1. The van der Waals surface area contributed by atoms with E-state index in [1.165, 1.54) is 0 Å². The molecule has 0 aliphatic rings. The molecule has 28 heavy (non-hydrogen) atoms. The Morgan fingerprint density at radius 1 is 1.14 bits per heavy atom. The molecule has 3 N–H and O–H groups in total. The van der Waals surface area contributed by atoms with Gasteiger partial charge in [-0.15, -0.1) is 0 Å². The molecule has 3 rings (SSSR count). The number of aromatic nitrogens is 2. The monoisotopic (exact) mass is 378 g/mol. The minimum Gasteiger partial charge on any atom is -0.340 e. The van der Waals surface area contributed by atoms with Crippen LogP contribution in [0, 0.1) is 19.8 Å². The maximum absolute atomic E-state index is 12.9. The fourth-order valence-electron chi connectivity index (χ4n) is 3.20. The molecule has 0 aliphatic carbocycles. The van der Waals surface area contributed by atoms with E-state index in [1.807, 2.05) is 64.1 Å². The fourth-order valence-corrected chi connectivity index (χ4v) is 3.20. The van der Waals surface area contributed by atoms with Crippen molar-refractivity contribution in [1.29, 1.82) is 0 Å². The van der Waals surface area contributed by atoms with Gasteiger partial charge in [0, 0.05) is 5.56 Å². The van der Waals surface area contributed by atoms with Gasteiger partial charge in [0.15, 0.2) is 0 Å². The summed E-state index contributed by atoms with van der Waals surface area (Å²) < 4.78 is 0. The third kappa shape index (κ3) is 4.22. The average Bonchev–Trinajstić information content (AvgIpc) is 3.07. The second kappa shape index (κ2) is 8.25. The van der Waals surface area contributed by atoms with Crippen molar-refractivity contribution >= 4 is 28.8 Å². The number of aromatic amines is 1. The third-order valence-electron chi connectivity index (χ3n) is 5.04. The minimum atomic E-state index is -0.661. The molecule has 146 valence electrons. The molecule has 6 heteroatoms. The summed E-state index contributed by atoms with van der Waals surface area (Å²) >= 11 is 0. The van der Waals surface area contributed by atoms with Crippen LogP contribution in [0.15, 0.2) is 42.5 Å². The van der Waals surface area contributed by atoms with Gasteiger partial charge < -0.3 is 10.3 Å². The summed E-state index contributed by atoms with van der Waals surface area (Å²) in [5.41, 5.74) is 4.18. The van der Waals surface area contributed by atoms with Crippen LogP contribution >= 0.6 is 0 Å². The van der Waals surface area contributed by atoms with Crippen LogP contribution in [0.25, 0.3) is 11.0 Å². The Labute approximate surface area is 164 Å². The lowest BCUT2D eigenvalue weighted by molar-refractivity contribution is -0.119. The smallest absolute Gasteiger partial charge is 0.252 e. The van der Waals surface area contributed by atoms with E-state index in [4.69, 9.17) is 0 Å². The zero-order valence-electron chi connectivity index (χ0n) is 16.7. The van der Waals surface area contributed by atoms with Crippen LogP contribution in [-0.4, -0.2) is 27.8 Å². The van der Waals surface area contributed by atoms with Crippen molar-refractivity contribution in [3.05, 3.63) is 59.2 Å². The number of para-hydroxylation sites is 2. The van der Waals surface area contributed by atoms with E-state index in [1.54, 1.807) is 6.07 Å². The van der Waals surface area contributed by atoms with Crippen LogP contribution in [0.4, 0.5) is 5.95 Å². The van der Waals surface area contributed by atoms with E-state index in [2.05, 4.69) is 20.6 Å². The number of imidazole rings is 1. The maximum atomic E-state index is 12.9. The van der Waals surface area contributed by atoms with E-state index >= 15 is 0 Å². The minimum absolute atomic E-state index is 0.0286. The molecular formula is C22H26N4O2. The highest BCUT2D eigenvalue weighted by Gasteiger charge is 2.27. The van der Waals surface area contributed by atoms with E-state index in [0.717, 1.165) is 28.6 Å². The second-order valence-electron chi connectivity index (χ2n) is 7.25. The van der Waals surface area contributed by atoms with Gasteiger partial charge in [0.25, 0.3) is 5.91 Å². The molecular weight excluding hydrogens is 352 g/mol. The topological polar surface area (TPSA) is 86.9 Å². The van der Waals surface area contributed by atoms with Crippen LogP contribution in [0.3, 0.4) is 0 Å². The second-order valence-corrected chi connectivity index (χ2v) is 7.25. The molecule has 1 heterocycles. The lowest BCUT2D eigenvalue weighted by atomic mass is 9.97. The maximum Gasteiger partial charge on any atom is 0.252 e. The number of carbonyl (C=O) groups is 2. The normalized spacial score (nSPS) is 13.1. The zero-order chi connectivity index (χ0) is 20.3. The summed E-state index contributed by atoms with van der Waals surface area (Å²) in [6.45, 7) is 7.83. The molecule has 6 nitrogen and oxygen atoms in total. The lowest BCUT2D eigenvalue weighted by Gasteiger charge is -2.23. The lowest BCUT2D eigenvalue weighted by Crippen LogP contribution is -2.48. The van der Waals surface area contributed by atoms with Gasteiger partial charge in [-0.2, -0.15) is 0 Å². The first-order valence-electron chi connectivity index (χ1n) is 9.52. The molecule has 2 atom stereocenters. The molecule has 1 aromatic heterocycles. The van der Waals surface area contributed by atoms with E-state index < -0.39 is 6.04 Å². The van der Waals surface area contributed by atoms with Gasteiger partial charge >= 0.3 is 0 Å². The Morgan fingerprint density at radius 2 is 1.89 bits per heavy atom. The molecule has 3 aromatic rings. The molecule has 0 fully saturated rings. The van der Waals surface area contributed by atoms with Crippen molar-refractivity contribution in [3.8, 4) is 0 Å². The number of amides is 2. The van der Waals surface area contributed by atoms with Gasteiger partial charge in [0.05, 0.1) is 11.0 Å². The number of nitrogens with one attached hydrogen (secondary N) is 3. The average molecular weight is 378 g/mol. The molecule has 0 bridgehead atoms. The molecule has 2 amide bonds. The summed E-state index contributed by atoms with van der Waals surface area (Å²) in [5.74, 6) is -0.187. The van der Waals surface area contributed by atoms with Crippen molar-refractivity contribution < 1.29 is 9.59 Å². The number of fused-ring (bicyclic) bond motifs is 1. The molecule has 0 spiro atoms. The van der Waals surface area contributed by atoms with Crippen molar-refractivity contribution in [2.45, 2.75) is 40.2 Å². The highest BCUT2D eigenvalue weighted by atomic mass is 16.2. The number of carbonyl (C=O) groups excluding carboxylic acids is 2. The first kappa shape index (κ1) is 19.6. The van der Waals surface area contributed by atoms with Crippen molar-refractivity contribution in [2.75, 3.05) is 5.32 Å². The fraction of sp³-hybridized carbons (Fsp3) is 0.318. The van der Waals surface area contributed by atoms with E-state index in [-0.39, 0.29) is 17.7 Å². The largest absolute Gasteiger partial charge is 0.340 e. The van der Waals surface area contributed by atoms with Gasteiger partial charge in [-0.25, -0.2) is 4.98 Å². The Bertz CT molecular complexity index is 976. The van der Waals surface area contributed by atoms with E-state index in [0.29, 0.717) is 11.5 Å². The molecule has 0 saturated heterocycles. The number of hydrogen-bond donors (Lipinski definition) is 3. The van der Waals surface area contributed by atoms with E-state index in [9.17, 15) is 9.59 Å². The molecule has 2 aromatic carbocycles. The number of aryl methyl sites for hydroxylation is 2. The number of benzene rings is 2. The number of H-pyrrole nitrogens is 1. The number of hydrogen-bond acceptors (Lipinski definition) is 3. The molecule has 0 radical (unpaired) electrons. The summed E-state index contributed by atoms with van der Waals surface area (Å²) in [6, 6.07) is 12.5. The van der Waals surface area contributed by atoms with Crippen molar-refractivity contribution in [3.63, 3.8) is 0 Å². The predicted octanol–water partition coefficient (Wildman–Crippen LogP) is 3.96. The quantitative estimate of drug-likeness (QED) is 0.607. The summed E-state index contributed by atoms with van der Waals surface area (Å²) in [6.07, 6.45) is 0.755. The van der Waals surface area contributed by atoms with Gasteiger partial charge in [0.2, 0.25) is 11.9 Å². The first-order valence-corrected chi connectivity index (χ1v) is 9.52. The SMILES string of the molecule is CC[C@@H](C)[C@@H](NC(=O)c1ccc(C)cc1C)C(=O)Nc1nc2ccccc2[nH]1. The van der Waals surface area contributed by atoms with Crippen molar-refractivity contribution in [1.82, 2.24) is 15.3 Å². The summed E-state index contributed by atoms with van der Waals surface area (Å²) in [4.78, 5) is 33.2. The van der Waals surface area contributed by atoms with Gasteiger partial charge in [-0.3, -0.25) is 14.9 Å². The van der Waals surface area contributed by atoms with Crippen LogP contribution in [-0.2, 0) is 4.79 Å². The van der Waals surface area contributed by atoms with Crippen molar-refractivity contribution in [2.24, 2.45) is 5.92 Å². The predicted molar refractivity (Wildman–Crippen MR) is 111 cm³/mol. The van der Waals surface area contributed by atoms with Crippen LogP contribution in [0.5, 0.6) is 0 Å². The van der Waals surface area contributed by atoms with Gasteiger partial charge in [-0.05, 0) is 43.5 Å². The van der Waals surface area contributed by atoms with Crippen LogP contribution in [0.2, 0.25) is 0 Å². The summed E-state index contributed by atoms with van der Waals surface area (Å²) in [7, 11) is 0. The first-order chi connectivity index (χ1) is 13.4. The number of anilines is 1.